The molecule has 2 rings (SSSR count). The van der Waals surface area contributed by atoms with Crippen molar-refractivity contribution in [2.75, 3.05) is 5.73 Å². The van der Waals surface area contributed by atoms with Crippen LogP contribution in [-0.4, -0.2) is 16.1 Å². The molecule has 0 saturated heterocycles. The summed E-state index contributed by atoms with van der Waals surface area (Å²) in [4.78, 5) is 14.7. The van der Waals surface area contributed by atoms with Gasteiger partial charge in [0.05, 0.1) is 10.7 Å². The van der Waals surface area contributed by atoms with Gasteiger partial charge in [0.25, 0.3) is 0 Å². The quantitative estimate of drug-likeness (QED) is 0.718. The van der Waals surface area contributed by atoms with Crippen LogP contribution in [-0.2, 0) is 0 Å². The molecule has 0 aliphatic carbocycles. The lowest BCUT2D eigenvalue weighted by Gasteiger charge is -2.11. The molecule has 0 aliphatic rings. The number of halogens is 4. The zero-order valence-electron chi connectivity index (χ0n) is 10.5. The summed E-state index contributed by atoms with van der Waals surface area (Å²) in [5.74, 6) is -3.22. The molecule has 0 fully saturated rings. The Morgan fingerprint density at radius 1 is 1.38 bits per heavy atom. The van der Waals surface area contributed by atoms with Crippen molar-refractivity contribution in [2.24, 2.45) is 0 Å². The van der Waals surface area contributed by atoms with Gasteiger partial charge in [-0.3, -0.25) is 0 Å². The molecule has 1 aromatic heterocycles. The molecule has 0 saturated carbocycles. The first-order valence-electron chi connectivity index (χ1n) is 5.58. The summed E-state index contributed by atoms with van der Waals surface area (Å²) in [5, 5.41) is 8.49. The van der Waals surface area contributed by atoms with E-state index in [-0.39, 0.29) is 5.56 Å². The first-order chi connectivity index (χ1) is 9.75. The van der Waals surface area contributed by atoms with Crippen LogP contribution in [0, 0.1) is 22.1 Å². The van der Waals surface area contributed by atoms with Crippen molar-refractivity contribution in [3.05, 3.63) is 43.6 Å². The standard InChI is InChI=1S/C13H8ClF2IN2O2/c1-4-6(17)3-2-5(8(4)15)11-9(16)10(18)7(14)12(19-11)13(20)21/h2-3H,1H3,(H2,18,19)(H,20,21). The Balaban J connectivity index is 2.82. The highest BCUT2D eigenvalue weighted by atomic mass is 127. The molecular weight excluding hydrogens is 417 g/mol. The predicted octanol–water partition coefficient (Wildman–Crippen LogP) is 3.87. The number of carboxylic acid groups (broad SMARTS) is 1. The van der Waals surface area contributed by atoms with Gasteiger partial charge in [0.1, 0.15) is 11.5 Å². The van der Waals surface area contributed by atoms with Crippen LogP contribution < -0.4 is 5.73 Å². The van der Waals surface area contributed by atoms with Gasteiger partial charge in [-0.25, -0.2) is 18.6 Å². The highest BCUT2D eigenvalue weighted by Gasteiger charge is 2.24. The lowest BCUT2D eigenvalue weighted by molar-refractivity contribution is 0.0691. The van der Waals surface area contributed by atoms with Crippen molar-refractivity contribution < 1.29 is 18.7 Å². The minimum absolute atomic E-state index is 0.170. The van der Waals surface area contributed by atoms with E-state index in [4.69, 9.17) is 22.4 Å². The number of hydrogen-bond donors (Lipinski definition) is 2. The molecular formula is C13H8ClF2IN2O2. The number of rotatable bonds is 2. The van der Waals surface area contributed by atoms with Crippen LogP contribution in [0.1, 0.15) is 16.1 Å². The molecule has 110 valence electrons. The molecule has 0 spiro atoms. The molecule has 1 aromatic carbocycles. The van der Waals surface area contributed by atoms with E-state index in [1.165, 1.54) is 13.0 Å². The number of carbonyl (C=O) groups is 1. The summed E-state index contributed by atoms with van der Waals surface area (Å²) in [7, 11) is 0. The number of aromatic nitrogens is 1. The number of aromatic carboxylic acids is 1. The monoisotopic (exact) mass is 424 g/mol. The number of nitrogens with two attached hydrogens (primary N) is 1. The van der Waals surface area contributed by atoms with Crippen molar-refractivity contribution in [3.8, 4) is 11.3 Å². The van der Waals surface area contributed by atoms with Gasteiger partial charge in [0.15, 0.2) is 11.5 Å². The van der Waals surface area contributed by atoms with Crippen molar-refractivity contribution in [1.29, 1.82) is 0 Å². The maximum Gasteiger partial charge on any atom is 0.356 e. The Hall–Kier alpha value is -1.48. The number of hydrogen-bond acceptors (Lipinski definition) is 3. The van der Waals surface area contributed by atoms with Gasteiger partial charge >= 0.3 is 5.97 Å². The third-order valence-corrected chi connectivity index (χ3v) is 4.44. The fourth-order valence-electron chi connectivity index (χ4n) is 1.73. The molecule has 0 radical (unpaired) electrons. The lowest BCUT2D eigenvalue weighted by atomic mass is 10.1. The van der Waals surface area contributed by atoms with Crippen LogP contribution in [0.15, 0.2) is 12.1 Å². The Morgan fingerprint density at radius 2 is 2.00 bits per heavy atom. The van der Waals surface area contributed by atoms with Gasteiger partial charge in [0, 0.05) is 9.13 Å². The SMILES string of the molecule is Cc1c(I)ccc(-c2nc(C(=O)O)c(Cl)c(N)c2F)c1F. The van der Waals surface area contributed by atoms with Crippen LogP contribution in [0.5, 0.6) is 0 Å². The summed E-state index contributed by atoms with van der Waals surface area (Å²) >= 11 is 7.58. The molecule has 4 nitrogen and oxygen atoms in total. The normalized spacial score (nSPS) is 10.7. The van der Waals surface area contributed by atoms with E-state index < -0.39 is 39.7 Å². The number of nitrogen functional groups attached to an aromatic ring is 1. The van der Waals surface area contributed by atoms with Gasteiger partial charge in [-0.1, -0.05) is 11.6 Å². The molecule has 0 aliphatic heterocycles. The van der Waals surface area contributed by atoms with Gasteiger partial charge in [-0.05, 0) is 47.2 Å². The lowest BCUT2D eigenvalue weighted by Crippen LogP contribution is -2.09. The molecule has 0 amide bonds. The maximum atomic E-state index is 14.3. The Morgan fingerprint density at radius 3 is 2.57 bits per heavy atom. The average Bonchev–Trinajstić information content (AvgIpc) is 2.43. The zero-order valence-corrected chi connectivity index (χ0v) is 13.5. The fraction of sp³-hybridized carbons (Fsp3) is 0.0769. The first kappa shape index (κ1) is 15.9. The number of anilines is 1. The van der Waals surface area contributed by atoms with Gasteiger partial charge in [-0.2, -0.15) is 0 Å². The van der Waals surface area contributed by atoms with Crippen molar-refractivity contribution in [3.63, 3.8) is 0 Å². The zero-order chi connectivity index (χ0) is 15.9. The summed E-state index contributed by atoms with van der Waals surface area (Å²) in [6, 6.07) is 2.88. The van der Waals surface area contributed by atoms with E-state index in [1.807, 2.05) is 22.6 Å². The molecule has 2 aromatic rings. The van der Waals surface area contributed by atoms with Crippen LogP contribution in [0.2, 0.25) is 5.02 Å². The third kappa shape index (κ3) is 2.67. The number of pyridine rings is 1. The van der Waals surface area contributed by atoms with Crippen LogP contribution in [0.4, 0.5) is 14.5 Å². The second-order valence-corrected chi connectivity index (χ2v) is 5.73. The highest BCUT2D eigenvalue weighted by Crippen LogP contribution is 2.34. The molecule has 0 bridgehead atoms. The number of nitrogens with zero attached hydrogens (tertiary/aromatic N) is 1. The van der Waals surface area contributed by atoms with Crippen LogP contribution >= 0.6 is 34.2 Å². The summed E-state index contributed by atoms with van der Waals surface area (Å²) in [5.41, 5.74) is 3.90. The van der Waals surface area contributed by atoms with E-state index in [0.29, 0.717) is 9.13 Å². The topological polar surface area (TPSA) is 76.2 Å². The number of benzene rings is 1. The highest BCUT2D eigenvalue weighted by molar-refractivity contribution is 14.1. The largest absolute Gasteiger partial charge is 0.476 e. The van der Waals surface area contributed by atoms with E-state index in [0.717, 1.165) is 0 Å². The van der Waals surface area contributed by atoms with Gasteiger partial charge in [-0.15, -0.1) is 0 Å². The predicted molar refractivity (Wildman–Crippen MR) is 83.4 cm³/mol. The first-order valence-corrected chi connectivity index (χ1v) is 7.04. The minimum Gasteiger partial charge on any atom is -0.476 e. The molecule has 3 N–H and O–H groups in total. The fourth-order valence-corrected chi connectivity index (χ4v) is 2.35. The van der Waals surface area contributed by atoms with Gasteiger partial charge < -0.3 is 10.8 Å². The summed E-state index contributed by atoms with van der Waals surface area (Å²) in [6.45, 7) is 1.52. The van der Waals surface area contributed by atoms with Crippen LogP contribution in [0.25, 0.3) is 11.3 Å². The van der Waals surface area contributed by atoms with E-state index >= 15 is 0 Å². The summed E-state index contributed by atoms with van der Waals surface area (Å²) in [6.07, 6.45) is 0. The molecule has 8 heteroatoms. The van der Waals surface area contributed by atoms with Gasteiger partial charge in [0.2, 0.25) is 0 Å². The minimum atomic E-state index is -1.48. The molecule has 1 heterocycles. The third-order valence-electron chi connectivity index (χ3n) is 2.89. The second-order valence-electron chi connectivity index (χ2n) is 4.19. The van der Waals surface area contributed by atoms with Crippen LogP contribution in [0.3, 0.4) is 0 Å². The second kappa shape index (κ2) is 5.72. The van der Waals surface area contributed by atoms with E-state index in [9.17, 15) is 13.6 Å². The summed E-state index contributed by atoms with van der Waals surface area (Å²) < 4.78 is 29.1. The van der Waals surface area contributed by atoms with Crippen molar-refractivity contribution >= 4 is 45.8 Å². The maximum absolute atomic E-state index is 14.3. The van der Waals surface area contributed by atoms with Crippen molar-refractivity contribution in [2.45, 2.75) is 6.92 Å². The molecule has 0 unspecified atom stereocenters. The molecule has 21 heavy (non-hydrogen) atoms. The molecule has 0 atom stereocenters. The van der Waals surface area contributed by atoms with Crippen molar-refractivity contribution in [1.82, 2.24) is 4.98 Å². The van der Waals surface area contributed by atoms with E-state index in [1.54, 1.807) is 6.07 Å². The average molecular weight is 425 g/mol. The Bertz CT molecular complexity index is 769. The smallest absolute Gasteiger partial charge is 0.356 e. The Labute approximate surface area is 137 Å². The Kier molecular flexibility index (Phi) is 4.33. The number of carboxylic acids is 1. The van der Waals surface area contributed by atoms with E-state index in [2.05, 4.69) is 4.98 Å².